The molecule has 0 bridgehead atoms. The third-order valence-electron chi connectivity index (χ3n) is 2.66. The van der Waals surface area contributed by atoms with Crippen LogP contribution in [0.3, 0.4) is 0 Å². The van der Waals surface area contributed by atoms with Gasteiger partial charge < -0.3 is 14.8 Å². The summed E-state index contributed by atoms with van der Waals surface area (Å²) in [5.74, 6) is 0. The SMILES string of the molecule is CNC(Cc1cccs1)C1COCCO1. The zero-order valence-corrected chi connectivity index (χ0v) is 9.76. The summed E-state index contributed by atoms with van der Waals surface area (Å²) >= 11 is 1.79. The number of hydrogen-bond donors (Lipinski definition) is 1. The van der Waals surface area contributed by atoms with E-state index in [0.717, 1.165) is 13.0 Å². The summed E-state index contributed by atoms with van der Waals surface area (Å²) in [5, 5.41) is 5.42. The third-order valence-corrected chi connectivity index (χ3v) is 3.56. The molecule has 1 N–H and O–H groups in total. The van der Waals surface area contributed by atoms with Crippen LogP contribution >= 0.6 is 11.3 Å². The molecule has 0 spiro atoms. The first-order chi connectivity index (χ1) is 7.40. The van der Waals surface area contributed by atoms with Crippen molar-refractivity contribution < 1.29 is 9.47 Å². The Hall–Kier alpha value is -0.420. The monoisotopic (exact) mass is 227 g/mol. The van der Waals surface area contributed by atoms with E-state index >= 15 is 0 Å². The molecule has 1 aromatic heterocycles. The standard InChI is InChI=1S/C11H17NO2S/c1-12-10(7-9-3-2-6-15-9)11-8-13-4-5-14-11/h2-3,6,10-12H,4-5,7-8H2,1H3. The largest absolute Gasteiger partial charge is 0.376 e. The van der Waals surface area contributed by atoms with E-state index in [4.69, 9.17) is 9.47 Å². The van der Waals surface area contributed by atoms with Gasteiger partial charge in [0.15, 0.2) is 0 Å². The molecule has 2 atom stereocenters. The Morgan fingerprint density at radius 1 is 1.60 bits per heavy atom. The smallest absolute Gasteiger partial charge is 0.0965 e. The lowest BCUT2D eigenvalue weighted by molar-refractivity contribution is -0.100. The van der Waals surface area contributed by atoms with E-state index in [1.54, 1.807) is 11.3 Å². The van der Waals surface area contributed by atoms with Gasteiger partial charge in [-0.1, -0.05) is 6.07 Å². The quantitative estimate of drug-likeness (QED) is 0.841. The van der Waals surface area contributed by atoms with Crippen LogP contribution in [-0.2, 0) is 15.9 Å². The van der Waals surface area contributed by atoms with Gasteiger partial charge >= 0.3 is 0 Å². The first kappa shape index (κ1) is 11.1. The molecule has 2 rings (SSSR count). The molecule has 2 heterocycles. The van der Waals surface area contributed by atoms with Crippen molar-refractivity contribution in [2.75, 3.05) is 26.9 Å². The van der Waals surface area contributed by atoms with Crippen LogP contribution in [0.4, 0.5) is 0 Å². The number of ether oxygens (including phenoxy) is 2. The summed E-state index contributed by atoms with van der Waals surface area (Å²) in [7, 11) is 1.98. The summed E-state index contributed by atoms with van der Waals surface area (Å²) in [4.78, 5) is 1.39. The zero-order valence-electron chi connectivity index (χ0n) is 8.94. The molecule has 0 saturated carbocycles. The first-order valence-corrected chi connectivity index (χ1v) is 6.17. The van der Waals surface area contributed by atoms with E-state index in [0.29, 0.717) is 19.3 Å². The summed E-state index contributed by atoms with van der Waals surface area (Å²) < 4.78 is 11.1. The minimum atomic E-state index is 0.186. The predicted molar refractivity (Wildman–Crippen MR) is 61.4 cm³/mol. The van der Waals surface area contributed by atoms with E-state index < -0.39 is 0 Å². The van der Waals surface area contributed by atoms with E-state index in [9.17, 15) is 0 Å². The van der Waals surface area contributed by atoms with Crippen LogP contribution in [0.1, 0.15) is 4.88 Å². The van der Waals surface area contributed by atoms with E-state index in [-0.39, 0.29) is 6.10 Å². The Bertz CT molecular complexity index is 270. The average Bonchev–Trinajstić information content (AvgIpc) is 2.80. The van der Waals surface area contributed by atoms with Crippen LogP contribution in [0, 0.1) is 0 Å². The second-order valence-electron chi connectivity index (χ2n) is 3.66. The van der Waals surface area contributed by atoms with Crippen molar-refractivity contribution in [1.82, 2.24) is 5.32 Å². The van der Waals surface area contributed by atoms with Gasteiger partial charge in [-0.15, -0.1) is 11.3 Å². The second-order valence-corrected chi connectivity index (χ2v) is 4.70. The van der Waals surface area contributed by atoms with Gasteiger partial charge in [-0.05, 0) is 24.9 Å². The number of likely N-dealkylation sites (N-methyl/N-ethyl adjacent to an activating group) is 1. The van der Waals surface area contributed by atoms with Crippen molar-refractivity contribution in [2.45, 2.75) is 18.6 Å². The van der Waals surface area contributed by atoms with Gasteiger partial charge in [0.2, 0.25) is 0 Å². The van der Waals surface area contributed by atoms with Crippen molar-refractivity contribution >= 4 is 11.3 Å². The topological polar surface area (TPSA) is 30.5 Å². The third kappa shape index (κ3) is 3.01. The van der Waals surface area contributed by atoms with Gasteiger partial charge in [-0.2, -0.15) is 0 Å². The molecule has 0 aliphatic carbocycles. The fourth-order valence-corrected chi connectivity index (χ4v) is 2.57. The normalized spacial score (nSPS) is 23.9. The van der Waals surface area contributed by atoms with Crippen molar-refractivity contribution in [3.05, 3.63) is 22.4 Å². The number of hydrogen-bond acceptors (Lipinski definition) is 4. The van der Waals surface area contributed by atoms with Crippen LogP contribution in [0.5, 0.6) is 0 Å². The number of rotatable bonds is 4. The summed E-state index contributed by atoms with van der Waals surface area (Å²) in [5.41, 5.74) is 0. The molecule has 3 nitrogen and oxygen atoms in total. The second kappa shape index (κ2) is 5.61. The van der Waals surface area contributed by atoms with Gasteiger partial charge in [0.05, 0.1) is 25.9 Å². The van der Waals surface area contributed by atoms with Gasteiger partial charge in [0.1, 0.15) is 0 Å². The maximum atomic E-state index is 5.70. The molecule has 1 fully saturated rings. The molecule has 4 heteroatoms. The first-order valence-electron chi connectivity index (χ1n) is 5.29. The average molecular weight is 227 g/mol. The molecule has 0 amide bonds. The Balaban J connectivity index is 1.91. The van der Waals surface area contributed by atoms with Gasteiger partial charge in [0.25, 0.3) is 0 Å². The van der Waals surface area contributed by atoms with E-state index in [2.05, 4.69) is 22.8 Å². The Morgan fingerprint density at radius 2 is 2.53 bits per heavy atom. The van der Waals surface area contributed by atoms with Crippen molar-refractivity contribution in [3.8, 4) is 0 Å². The summed E-state index contributed by atoms with van der Waals surface area (Å²) in [6.07, 6.45) is 1.20. The molecule has 1 saturated heterocycles. The van der Waals surface area contributed by atoms with Gasteiger partial charge in [-0.3, -0.25) is 0 Å². The Labute approximate surface area is 94.4 Å². The highest BCUT2D eigenvalue weighted by molar-refractivity contribution is 7.09. The lowest BCUT2D eigenvalue weighted by Gasteiger charge is -2.30. The zero-order chi connectivity index (χ0) is 10.5. The van der Waals surface area contributed by atoms with Gasteiger partial charge in [-0.25, -0.2) is 0 Å². The minimum Gasteiger partial charge on any atom is -0.376 e. The predicted octanol–water partition coefficient (Wildman–Crippen LogP) is 1.29. The van der Waals surface area contributed by atoms with E-state index in [1.165, 1.54) is 4.88 Å². The van der Waals surface area contributed by atoms with Gasteiger partial charge in [0, 0.05) is 10.9 Å². The van der Waals surface area contributed by atoms with Crippen LogP contribution in [-0.4, -0.2) is 39.0 Å². The minimum absolute atomic E-state index is 0.186. The molecule has 1 aliphatic rings. The van der Waals surface area contributed by atoms with Crippen molar-refractivity contribution in [2.24, 2.45) is 0 Å². The fraction of sp³-hybridized carbons (Fsp3) is 0.636. The highest BCUT2D eigenvalue weighted by Gasteiger charge is 2.24. The van der Waals surface area contributed by atoms with Crippen molar-refractivity contribution in [3.63, 3.8) is 0 Å². The molecule has 0 radical (unpaired) electrons. The fourth-order valence-electron chi connectivity index (χ4n) is 1.80. The number of nitrogens with one attached hydrogen (secondary N) is 1. The van der Waals surface area contributed by atoms with E-state index in [1.807, 2.05) is 7.05 Å². The Kier molecular flexibility index (Phi) is 4.14. The molecule has 1 aromatic rings. The number of thiophene rings is 1. The van der Waals surface area contributed by atoms with Crippen LogP contribution in [0.2, 0.25) is 0 Å². The maximum absolute atomic E-state index is 5.70. The lowest BCUT2D eigenvalue weighted by Crippen LogP contribution is -2.46. The van der Waals surface area contributed by atoms with Crippen LogP contribution in [0.25, 0.3) is 0 Å². The highest BCUT2D eigenvalue weighted by Crippen LogP contribution is 2.15. The molecule has 84 valence electrons. The van der Waals surface area contributed by atoms with Crippen LogP contribution < -0.4 is 5.32 Å². The molecular weight excluding hydrogens is 210 g/mol. The maximum Gasteiger partial charge on any atom is 0.0965 e. The highest BCUT2D eigenvalue weighted by atomic mass is 32.1. The molecule has 2 unspecified atom stereocenters. The summed E-state index contributed by atoms with van der Waals surface area (Å²) in [6, 6.07) is 4.60. The molecule has 0 aromatic carbocycles. The molecule has 1 aliphatic heterocycles. The molecular formula is C11H17NO2S. The molecule has 15 heavy (non-hydrogen) atoms. The Morgan fingerprint density at radius 3 is 3.13 bits per heavy atom. The summed E-state index contributed by atoms with van der Waals surface area (Å²) in [6.45, 7) is 2.15. The van der Waals surface area contributed by atoms with Crippen molar-refractivity contribution in [1.29, 1.82) is 0 Å². The van der Waals surface area contributed by atoms with Crippen LogP contribution in [0.15, 0.2) is 17.5 Å². The lowest BCUT2D eigenvalue weighted by atomic mass is 10.1.